The average Bonchev–Trinajstić information content (AvgIpc) is 3.14. The summed E-state index contributed by atoms with van der Waals surface area (Å²) in [5.74, 6) is 1.05. The van der Waals surface area contributed by atoms with Crippen LogP contribution in [0.15, 0.2) is 53.4 Å². The molecule has 1 N–H and O–H groups in total. The van der Waals surface area contributed by atoms with Crippen LogP contribution in [0.5, 0.6) is 5.75 Å². The predicted octanol–water partition coefficient (Wildman–Crippen LogP) is 4.02. The average molecular weight is 369 g/mol. The zero-order valence-electron chi connectivity index (χ0n) is 15.0. The molecule has 2 heterocycles. The van der Waals surface area contributed by atoms with Crippen LogP contribution in [0.2, 0.25) is 0 Å². The molecule has 1 saturated heterocycles. The molecular formula is C21H24N2O2S. The highest BCUT2D eigenvalue weighted by Gasteiger charge is 2.31. The second-order valence-corrected chi connectivity index (χ2v) is 8.09. The summed E-state index contributed by atoms with van der Waals surface area (Å²) in [5.41, 5.74) is 2.21. The molecule has 0 bridgehead atoms. The summed E-state index contributed by atoms with van der Waals surface area (Å²) < 4.78 is 5.26. The number of anilines is 1. The van der Waals surface area contributed by atoms with Crippen LogP contribution in [0, 0.1) is 0 Å². The number of amides is 1. The smallest absolute Gasteiger partial charge is 0.228 e. The number of fused-ring (bicyclic) bond motifs is 1. The van der Waals surface area contributed by atoms with Gasteiger partial charge in [0.05, 0.1) is 12.8 Å². The van der Waals surface area contributed by atoms with E-state index < -0.39 is 0 Å². The normalized spacial score (nSPS) is 22.8. The van der Waals surface area contributed by atoms with Gasteiger partial charge in [-0.05, 0) is 49.2 Å². The van der Waals surface area contributed by atoms with E-state index in [9.17, 15) is 4.79 Å². The number of carbonyl (C=O) groups excluding carboxylic acids is 1. The number of benzene rings is 2. The Morgan fingerprint density at radius 3 is 2.73 bits per heavy atom. The fourth-order valence-electron chi connectivity index (χ4n) is 3.72. The van der Waals surface area contributed by atoms with E-state index in [0.29, 0.717) is 12.5 Å². The summed E-state index contributed by atoms with van der Waals surface area (Å²) in [7, 11) is 1.67. The summed E-state index contributed by atoms with van der Waals surface area (Å²) in [4.78, 5) is 16.3. The molecule has 26 heavy (non-hydrogen) atoms. The van der Waals surface area contributed by atoms with E-state index in [0.717, 1.165) is 30.9 Å². The third kappa shape index (κ3) is 3.60. The molecule has 1 amide bonds. The van der Waals surface area contributed by atoms with Crippen molar-refractivity contribution >= 4 is 23.4 Å². The molecule has 4 rings (SSSR count). The zero-order chi connectivity index (χ0) is 17.9. The van der Waals surface area contributed by atoms with Gasteiger partial charge in [0, 0.05) is 29.2 Å². The van der Waals surface area contributed by atoms with E-state index in [1.54, 1.807) is 18.9 Å². The van der Waals surface area contributed by atoms with Crippen LogP contribution in [-0.2, 0) is 4.79 Å². The van der Waals surface area contributed by atoms with Gasteiger partial charge in [-0.3, -0.25) is 4.79 Å². The van der Waals surface area contributed by atoms with Crippen molar-refractivity contribution < 1.29 is 9.53 Å². The molecule has 136 valence electrons. The quantitative estimate of drug-likeness (QED) is 0.885. The van der Waals surface area contributed by atoms with E-state index in [1.165, 1.54) is 16.9 Å². The molecule has 4 nitrogen and oxygen atoms in total. The van der Waals surface area contributed by atoms with E-state index in [1.807, 2.05) is 23.1 Å². The first-order chi connectivity index (χ1) is 12.7. The van der Waals surface area contributed by atoms with Crippen LogP contribution in [0.3, 0.4) is 0 Å². The maximum absolute atomic E-state index is 13.1. The number of thioether (sulfide) groups is 1. The molecule has 0 radical (unpaired) electrons. The van der Waals surface area contributed by atoms with Gasteiger partial charge in [0.1, 0.15) is 5.75 Å². The first-order valence-electron chi connectivity index (χ1n) is 9.18. The summed E-state index contributed by atoms with van der Waals surface area (Å²) in [6.45, 7) is 1.81. The second kappa shape index (κ2) is 7.72. The SMILES string of the molecule is COc1ccc(C2CC(=O)N(CC3CCCN3)c3ccccc3S2)cc1. The fraction of sp³-hybridized carbons (Fsp3) is 0.381. The Hall–Kier alpha value is -1.98. The van der Waals surface area contributed by atoms with Crippen molar-refractivity contribution in [3.05, 3.63) is 54.1 Å². The molecule has 2 aliphatic heterocycles. The number of nitrogens with one attached hydrogen (secondary N) is 1. The molecule has 2 aromatic carbocycles. The molecule has 0 aliphatic carbocycles. The van der Waals surface area contributed by atoms with Gasteiger partial charge in [-0.2, -0.15) is 0 Å². The van der Waals surface area contributed by atoms with Crippen molar-refractivity contribution in [3.8, 4) is 5.75 Å². The van der Waals surface area contributed by atoms with E-state index in [-0.39, 0.29) is 11.2 Å². The van der Waals surface area contributed by atoms with Gasteiger partial charge in [0.2, 0.25) is 5.91 Å². The lowest BCUT2D eigenvalue weighted by molar-refractivity contribution is -0.118. The van der Waals surface area contributed by atoms with E-state index >= 15 is 0 Å². The van der Waals surface area contributed by atoms with Gasteiger partial charge in [0.25, 0.3) is 0 Å². The molecule has 0 spiro atoms. The molecule has 0 aromatic heterocycles. The fourth-order valence-corrected chi connectivity index (χ4v) is 5.00. The highest BCUT2D eigenvalue weighted by Crippen LogP contribution is 2.45. The predicted molar refractivity (Wildman–Crippen MR) is 106 cm³/mol. The number of nitrogens with zero attached hydrogens (tertiary/aromatic N) is 1. The van der Waals surface area contributed by atoms with Gasteiger partial charge in [0.15, 0.2) is 0 Å². The van der Waals surface area contributed by atoms with Crippen LogP contribution >= 0.6 is 11.8 Å². The molecule has 1 fully saturated rings. The molecule has 5 heteroatoms. The van der Waals surface area contributed by atoms with Crippen molar-refractivity contribution in [2.75, 3.05) is 25.1 Å². The number of carbonyl (C=O) groups is 1. The Morgan fingerprint density at radius 2 is 2.00 bits per heavy atom. The minimum absolute atomic E-state index is 0.121. The Balaban J connectivity index is 1.63. The van der Waals surface area contributed by atoms with Crippen molar-refractivity contribution in [1.29, 1.82) is 0 Å². The largest absolute Gasteiger partial charge is 0.497 e. The summed E-state index contributed by atoms with van der Waals surface area (Å²) >= 11 is 1.79. The van der Waals surface area contributed by atoms with Gasteiger partial charge in [-0.15, -0.1) is 11.8 Å². The molecule has 2 atom stereocenters. The van der Waals surface area contributed by atoms with Crippen LogP contribution in [0.25, 0.3) is 0 Å². The maximum Gasteiger partial charge on any atom is 0.228 e. The maximum atomic E-state index is 13.1. The van der Waals surface area contributed by atoms with Gasteiger partial charge in [-0.25, -0.2) is 0 Å². The van der Waals surface area contributed by atoms with Gasteiger partial charge in [-0.1, -0.05) is 24.3 Å². The second-order valence-electron chi connectivity index (χ2n) is 6.85. The molecule has 2 unspecified atom stereocenters. The summed E-state index contributed by atoms with van der Waals surface area (Å²) in [5, 5.41) is 3.64. The van der Waals surface area contributed by atoms with E-state index in [4.69, 9.17) is 4.74 Å². The molecule has 2 aromatic rings. The number of ether oxygens (including phenoxy) is 1. The standard InChI is InChI=1S/C21H24N2O2S/c1-25-17-10-8-15(9-11-17)20-13-21(24)23(14-16-5-4-12-22-16)18-6-2-3-7-19(18)26-20/h2-3,6-11,16,20,22H,4-5,12-14H2,1H3. The molecular weight excluding hydrogens is 344 g/mol. The third-order valence-corrected chi connectivity index (χ3v) is 6.46. The zero-order valence-corrected chi connectivity index (χ0v) is 15.8. The lowest BCUT2D eigenvalue weighted by Crippen LogP contribution is -2.41. The molecule has 2 aliphatic rings. The number of hydrogen-bond acceptors (Lipinski definition) is 4. The van der Waals surface area contributed by atoms with Crippen molar-refractivity contribution in [2.45, 2.75) is 35.4 Å². The van der Waals surface area contributed by atoms with Crippen LogP contribution < -0.4 is 15.0 Å². The minimum atomic E-state index is 0.121. The Morgan fingerprint density at radius 1 is 1.19 bits per heavy atom. The first-order valence-corrected chi connectivity index (χ1v) is 10.1. The highest BCUT2D eigenvalue weighted by molar-refractivity contribution is 7.99. The van der Waals surface area contributed by atoms with Crippen molar-refractivity contribution in [2.24, 2.45) is 0 Å². The number of hydrogen-bond donors (Lipinski definition) is 1. The van der Waals surface area contributed by atoms with E-state index in [2.05, 4.69) is 35.6 Å². The summed E-state index contributed by atoms with van der Waals surface area (Å²) in [6, 6.07) is 16.8. The van der Waals surface area contributed by atoms with Gasteiger partial charge < -0.3 is 15.0 Å². The number of methoxy groups -OCH3 is 1. The number of rotatable bonds is 4. The van der Waals surface area contributed by atoms with Crippen LogP contribution in [0.1, 0.15) is 30.1 Å². The topological polar surface area (TPSA) is 41.6 Å². The van der Waals surface area contributed by atoms with Crippen molar-refractivity contribution in [1.82, 2.24) is 5.32 Å². The number of para-hydroxylation sites is 1. The Labute approximate surface area is 158 Å². The highest BCUT2D eigenvalue weighted by atomic mass is 32.2. The lowest BCUT2D eigenvalue weighted by atomic mass is 10.1. The van der Waals surface area contributed by atoms with Gasteiger partial charge >= 0.3 is 0 Å². The van der Waals surface area contributed by atoms with Crippen LogP contribution in [0.4, 0.5) is 5.69 Å². The Kier molecular flexibility index (Phi) is 5.18. The minimum Gasteiger partial charge on any atom is -0.497 e. The third-order valence-electron chi connectivity index (χ3n) is 5.14. The molecule has 0 saturated carbocycles. The lowest BCUT2D eigenvalue weighted by Gasteiger charge is -2.26. The monoisotopic (exact) mass is 368 g/mol. The first kappa shape index (κ1) is 17.4. The van der Waals surface area contributed by atoms with Crippen molar-refractivity contribution in [3.63, 3.8) is 0 Å². The van der Waals surface area contributed by atoms with Crippen LogP contribution in [-0.4, -0.2) is 32.1 Å². The summed E-state index contributed by atoms with van der Waals surface area (Å²) in [6.07, 6.45) is 2.84. The Bertz CT molecular complexity index is 772.